The Bertz CT molecular complexity index is 569. The van der Waals surface area contributed by atoms with E-state index in [9.17, 15) is 15.0 Å². The molecule has 0 amide bonds. The number of esters is 1. The standard InChI is InChI=1S/C27H48O6/c1-4-5-6-9-12-16-27(31-18-19-32-27)17-15-23-22(24(28)20-25(23)29)13-10-7-8-11-14-26(30)33-21(2)3/h7,10,21-25,28-29H,4-6,8-9,11-20H2,1-3H3/b10-7-/t22-,23-,24?,25-/m1/s1. The lowest BCUT2D eigenvalue weighted by Crippen LogP contribution is -2.33. The first-order valence-corrected chi connectivity index (χ1v) is 13.4. The van der Waals surface area contributed by atoms with Gasteiger partial charge in [0.15, 0.2) is 5.79 Å². The van der Waals surface area contributed by atoms with Gasteiger partial charge in [0.25, 0.3) is 0 Å². The molecule has 0 spiro atoms. The Morgan fingerprint density at radius 3 is 2.39 bits per heavy atom. The van der Waals surface area contributed by atoms with Crippen LogP contribution in [0.1, 0.15) is 104 Å². The lowest BCUT2D eigenvalue weighted by atomic mass is 9.85. The fourth-order valence-corrected chi connectivity index (χ4v) is 5.26. The number of hydrogen-bond acceptors (Lipinski definition) is 6. The van der Waals surface area contributed by atoms with Gasteiger partial charge in [-0.05, 0) is 64.2 Å². The molecule has 2 N–H and O–H groups in total. The summed E-state index contributed by atoms with van der Waals surface area (Å²) < 4.78 is 17.3. The Kier molecular flexibility index (Phi) is 13.0. The third-order valence-electron chi connectivity index (χ3n) is 7.05. The van der Waals surface area contributed by atoms with Crippen molar-refractivity contribution >= 4 is 5.97 Å². The SMILES string of the molecule is CCCCCCCC1(CC[C@H]2[C@H](O)CC(O)[C@@H]2C/C=C\CCCC(=O)OC(C)C)OCCO1. The summed E-state index contributed by atoms with van der Waals surface area (Å²) in [5.74, 6) is -0.561. The van der Waals surface area contributed by atoms with E-state index in [4.69, 9.17) is 14.2 Å². The molecule has 2 rings (SSSR count). The molecule has 1 saturated carbocycles. The molecule has 0 aromatic heterocycles. The van der Waals surface area contributed by atoms with Crippen LogP contribution in [-0.4, -0.2) is 53.5 Å². The second kappa shape index (κ2) is 15.1. The normalized spacial score (nSPS) is 27.1. The summed E-state index contributed by atoms with van der Waals surface area (Å²) in [5, 5.41) is 21.2. The summed E-state index contributed by atoms with van der Waals surface area (Å²) >= 11 is 0. The van der Waals surface area contributed by atoms with Crippen LogP contribution in [0.15, 0.2) is 12.2 Å². The highest BCUT2D eigenvalue weighted by Crippen LogP contribution is 2.41. The zero-order chi connectivity index (χ0) is 24.1. The molecule has 0 bridgehead atoms. The minimum absolute atomic E-state index is 0.0464. The molecule has 1 unspecified atom stereocenters. The molecule has 1 aliphatic carbocycles. The molecule has 6 nitrogen and oxygen atoms in total. The predicted molar refractivity (Wildman–Crippen MR) is 130 cm³/mol. The average Bonchev–Trinajstić information content (AvgIpc) is 3.33. The van der Waals surface area contributed by atoms with Crippen LogP contribution in [0.5, 0.6) is 0 Å². The van der Waals surface area contributed by atoms with E-state index in [0.717, 1.165) is 44.9 Å². The monoisotopic (exact) mass is 468 g/mol. The average molecular weight is 469 g/mol. The smallest absolute Gasteiger partial charge is 0.306 e. The third-order valence-corrected chi connectivity index (χ3v) is 7.05. The Hall–Kier alpha value is -0.950. The molecule has 2 fully saturated rings. The highest BCUT2D eigenvalue weighted by molar-refractivity contribution is 5.69. The lowest BCUT2D eigenvalue weighted by molar-refractivity contribution is -0.171. The van der Waals surface area contributed by atoms with Gasteiger partial charge in [0.2, 0.25) is 0 Å². The Labute approximate surface area is 201 Å². The molecular formula is C27H48O6. The lowest BCUT2D eigenvalue weighted by Gasteiger charge is -2.31. The van der Waals surface area contributed by atoms with Crippen LogP contribution in [-0.2, 0) is 19.0 Å². The maximum Gasteiger partial charge on any atom is 0.306 e. The summed E-state index contributed by atoms with van der Waals surface area (Å²) in [4.78, 5) is 11.6. The summed E-state index contributed by atoms with van der Waals surface area (Å²) in [5.41, 5.74) is 0. The van der Waals surface area contributed by atoms with Crippen molar-refractivity contribution in [2.75, 3.05) is 13.2 Å². The zero-order valence-corrected chi connectivity index (χ0v) is 21.2. The van der Waals surface area contributed by atoms with Crippen LogP contribution >= 0.6 is 0 Å². The first kappa shape index (κ1) is 28.3. The highest BCUT2D eigenvalue weighted by Gasteiger charge is 2.43. The van der Waals surface area contributed by atoms with Gasteiger partial charge in [-0.3, -0.25) is 4.79 Å². The van der Waals surface area contributed by atoms with Gasteiger partial charge in [-0.1, -0.05) is 44.8 Å². The van der Waals surface area contributed by atoms with Crippen LogP contribution in [0.3, 0.4) is 0 Å². The predicted octanol–water partition coefficient (Wildman–Crippen LogP) is 5.30. The second-order valence-corrected chi connectivity index (χ2v) is 10.1. The van der Waals surface area contributed by atoms with Crippen LogP contribution in [0.2, 0.25) is 0 Å². The fourth-order valence-electron chi connectivity index (χ4n) is 5.26. The zero-order valence-electron chi connectivity index (χ0n) is 21.2. The minimum Gasteiger partial charge on any atom is -0.463 e. The molecule has 0 aromatic rings. The van der Waals surface area contributed by atoms with E-state index in [0.29, 0.717) is 26.1 Å². The van der Waals surface area contributed by atoms with Crippen molar-refractivity contribution in [1.29, 1.82) is 0 Å². The van der Waals surface area contributed by atoms with Crippen LogP contribution in [0.4, 0.5) is 0 Å². The molecule has 0 aromatic carbocycles. The number of carbonyl (C=O) groups is 1. The summed E-state index contributed by atoms with van der Waals surface area (Å²) in [6.45, 7) is 7.22. The maximum absolute atomic E-state index is 11.6. The van der Waals surface area contributed by atoms with E-state index in [1.54, 1.807) is 0 Å². The molecule has 2 aliphatic rings. The second-order valence-electron chi connectivity index (χ2n) is 10.1. The van der Waals surface area contributed by atoms with E-state index in [-0.39, 0.29) is 23.9 Å². The number of carbonyl (C=O) groups excluding carboxylic acids is 1. The number of unbranched alkanes of at least 4 members (excludes halogenated alkanes) is 5. The number of aliphatic hydroxyl groups is 2. The Morgan fingerprint density at radius 1 is 1.00 bits per heavy atom. The summed E-state index contributed by atoms with van der Waals surface area (Å²) in [6.07, 6.45) is 14.9. The topological polar surface area (TPSA) is 85.2 Å². The number of allylic oxidation sites excluding steroid dienone is 2. The van der Waals surface area contributed by atoms with Crippen LogP contribution in [0, 0.1) is 11.8 Å². The molecule has 6 heteroatoms. The van der Waals surface area contributed by atoms with Crippen molar-refractivity contribution in [1.82, 2.24) is 0 Å². The highest BCUT2D eigenvalue weighted by atomic mass is 16.7. The van der Waals surface area contributed by atoms with Crippen molar-refractivity contribution in [3.63, 3.8) is 0 Å². The first-order valence-electron chi connectivity index (χ1n) is 13.4. The van der Waals surface area contributed by atoms with Gasteiger partial charge in [0.1, 0.15) is 0 Å². The van der Waals surface area contributed by atoms with E-state index >= 15 is 0 Å². The first-order chi connectivity index (χ1) is 15.9. The minimum atomic E-state index is -0.509. The molecular weight excluding hydrogens is 420 g/mol. The maximum atomic E-state index is 11.6. The van der Waals surface area contributed by atoms with Gasteiger partial charge in [-0.2, -0.15) is 0 Å². The van der Waals surface area contributed by atoms with Crippen molar-refractivity contribution in [2.45, 2.75) is 128 Å². The Morgan fingerprint density at radius 2 is 1.70 bits per heavy atom. The molecule has 192 valence electrons. The van der Waals surface area contributed by atoms with Gasteiger partial charge in [0.05, 0.1) is 31.5 Å². The van der Waals surface area contributed by atoms with Crippen molar-refractivity contribution in [3.05, 3.63) is 12.2 Å². The molecule has 4 atom stereocenters. The molecule has 1 saturated heterocycles. The Balaban J connectivity index is 1.78. The van der Waals surface area contributed by atoms with E-state index in [1.807, 2.05) is 13.8 Å². The van der Waals surface area contributed by atoms with E-state index < -0.39 is 18.0 Å². The van der Waals surface area contributed by atoms with Crippen LogP contribution < -0.4 is 0 Å². The van der Waals surface area contributed by atoms with Gasteiger partial charge >= 0.3 is 5.97 Å². The molecule has 0 radical (unpaired) electrons. The number of rotatable bonds is 16. The van der Waals surface area contributed by atoms with E-state index in [1.165, 1.54) is 25.7 Å². The fraction of sp³-hybridized carbons (Fsp3) is 0.889. The van der Waals surface area contributed by atoms with Crippen molar-refractivity contribution in [2.24, 2.45) is 11.8 Å². The van der Waals surface area contributed by atoms with Gasteiger partial charge in [-0.25, -0.2) is 0 Å². The van der Waals surface area contributed by atoms with Crippen molar-refractivity contribution < 1.29 is 29.2 Å². The molecule has 1 heterocycles. The number of ether oxygens (including phenoxy) is 3. The van der Waals surface area contributed by atoms with Crippen molar-refractivity contribution in [3.8, 4) is 0 Å². The van der Waals surface area contributed by atoms with Crippen LogP contribution in [0.25, 0.3) is 0 Å². The van der Waals surface area contributed by atoms with Gasteiger partial charge in [0, 0.05) is 19.3 Å². The van der Waals surface area contributed by atoms with Gasteiger partial charge < -0.3 is 24.4 Å². The summed E-state index contributed by atoms with van der Waals surface area (Å²) in [6, 6.07) is 0. The van der Waals surface area contributed by atoms with Gasteiger partial charge in [-0.15, -0.1) is 0 Å². The third kappa shape index (κ3) is 10.1. The largest absolute Gasteiger partial charge is 0.463 e. The quantitative estimate of drug-likeness (QED) is 0.182. The van der Waals surface area contributed by atoms with E-state index in [2.05, 4.69) is 19.1 Å². The summed E-state index contributed by atoms with van der Waals surface area (Å²) in [7, 11) is 0. The molecule has 33 heavy (non-hydrogen) atoms. The number of aliphatic hydroxyl groups excluding tert-OH is 2. The number of hydrogen-bond donors (Lipinski definition) is 2. The molecule has 1 aliphatic heterocycles.